The standard InChI is InChI=1S/C10H8O3/c11-9-6-7-10(12,13-9)8-4-2-1-3-5-8/h1-7,12H. The van der Waals surface area contributed by atoms with Crippen LogP contribution >= 0.6 is 0 Å². The molecule has 1 N–H and O–H groups in total. The lowest BCUT2D eigenvalue weighted by atomic mass is 10.1. The normalized spacial score (nSPS) is 26.1. The first-order valence-corrected chi connectivity index (χ1v) is 3.91. The molecule has 0 amide bonds. The summed E-state index contributed by atoms with van der Waals surface area (Å²) >= 11 is 0. The van der Waals surface area contributed by atoms with Crippen molar-refractivity contribution in [2.45, 2.75) is 5.79 Å². The van der Waals surface area contributed by atoms with Gasteiger partial charge in [0, 0.05) is 11.6 Å². The van der Waals surface area contributed by atoms with E-state index in [4.69, 9.17) is 4.74 Å². The highest BCUT2D eigenvalue weighted by atomic mass is 16.7. The average Bonchev–Trinajstić information content (AvgIpc) is 2.49. The van der Waals surface area contributed by atoms with Crippen LogP contribution in [0.5, 0.6) is 0 Å². The zero-order chi connectivity index (χ0) is 9.31. The van der Waals surface area contributed by atoms with Crippen LogP contribution in [0.3, 0.4) is 0 Å². The Kier molecular flexibility index (Phi) is 1.67. The minimum atomic E-state index is -1.57. The van der Waals surface area contributed by atoms with E-state index in [0.29, 0.717) is 5.56 Å². The predicted octanol–water partition coefficient (Wildman–Crippen LogP) is 0.945. The number of hydrogen-bond acceptors (Lipinski definition) is 3. The first-order chi connectivity index (χ1) is 6.21. The Morgan fingerprint density at radius 3 is 2.46 bits per heavy atom. The van der Waals surface area contributed by atoms with Gasteiger partial charge in [0.05, 0.1) is 0 Å². The smallest absolute Gasteiger partial charge is 0.333 e. The van der Waals surface area contributed by atoms with Gasteiger partial charge in [0.15, 0.2) is 0 Å². The van der Waals surface area contributed by atoms with Gasteiger partial charge in [-0.25, -0.2) is 4.79 Å². The summed E-state index contributed by atoms with van der Waals surface area (Å²) in [7, 11) is 0. The van der Waals surface area contributed by atoms with Crippen LogP contribution in [-0.4, -0.2) is 11.1 Å². The van der Waals surface area contributed by atoms with Crippen LogP contribution in [0.15, 0.2) is 42.5 Å². The monoisotopic (exact) mass is 176 g/mol. The van der Waals surface area contributed by atoms with Crippen molar-refractivity contribution in [1.29, 1.82) is 0 Å². The summed E-state index contributed by atoms with van der Waals surface area (Å²) in [5.74, 6) is -2.09. The number of carbonyl (C=O) groups is 1. The Hall–Kier alpha value is -1.61. The van der Waals surface area contributed by atoms with Gasteiger partial charge in [0.25, 0.3) is 5.79 Å². The fourth-order valence-corrected chi connectivity index (χ4v) is 1.23. The van der Waals surface area contributed by atoms with Crippen molar-refractivity contribution in [2.24, 2.45) is 0 Å². The first-order valence-electron chi connectivity index (χ1n) is 3.91. The number of aliphatic hydroxyl groups is 1. The number of hydrogen-bond donors (Lipinski definition) is 1. The largest absolute Gasteiger partial charge is 0.422 e. The third-order valence-corrected chi connectivity index (χ3v) is 1.89. The molecule has 0 bridgehead atoms. The van der Waals surface area contributed by atoms with Crippen LogP contribution in [0, 0.1) is 0 Å². The molecule has 2 rings (SSSR count). The highest BCUT2D eigenvalue weighted by Gasteiger charge is 2.34. The summed E-state index contributed by atoms with van der Waals surface area (Å²) in [6.45, 7) is 0. The number of cyclic esters (lactones) is 1. The van der Waals surface area contributed by atoms with E-state index in [1.165, 1.54) is 12.2 Å². The molecule has 3 nitrogen and oxygen atoms in total. The second-order valence-corrected chi connectivity index (χ2v) is 2.82. The van der Waals surface area contributed by atoms with Gasteiger partial charge in [-0.15, -0.1) is 0 Å². The van der Waals surface area contributed by atoms with Gasteiger partial charge < -0.3 is 9.84 Å². The summed E-state index contributed by atoms with van der Waals surface area (Å²) in [6, 6.07) is 8.76. The van der Waals surface area contributed by atoms with E-state index in [9.17, 15) is 9.90 Å². The molecule has 0 aromatic heterocycles. The quantitative estimate of drug-likeness (QED) is 0.648. The van der Waals surface area contributed by atoms with Crippen LogP contribution in [0.25, 0.3) is 0 Å². The summed E-state index contributed by atoms with van der Waals surface area (Å²) in [5, 5.41) is 9.80. The predicted molar refractivity (Wildman–Crippen MR) is 45.6 cm³/mol. The van der Waals surface area contributed by atoms with Crippen molar-refractivity contribution in [3.8, 4) is 0 Å². The lowest BCUT2D eigenvalue weighted by Crippen LogP contribution is -2.24. The molecule has 66 valence electrons. The molecule has 1 heterocycles. The molecule has 13 heavy (non-hydrogen) atoms. The Balaban J connectivity index is 2.37. The van der Waals surface area contributed by atoms with E-state index in [1.807, 2.05) is 6.07 Å². The Morgan fingerprint density at radius 1 is 1.23 bits per heavy atom. The summed E-state index contributed by atoms with van der Waals surface area (Å²) < 4.78 is 4.74. The second-order valence-electron chi connectivity index (χ2n) is 2.82. The van der Waals surface area contributed by atoms with Crippen LogP contribution in [0.1, 0.15) is 5.56 Å². The van der Waals surface area contributed by atoms with Gasteiger partial charge in [-0.2, -0.15) is 0 Å². The van der Waals surface area contributed by atoms with E-state index in [-0.39, 0.29) is 0 Å². The van der Waals surface area contributed by atoms with Crippen molar-refractivity contribution in [3.63, 3.8) is 0 Å². The molecule has 1 atom stereocenters. The molecule has 1 unspecified atom stereocenters. The van der Waals surface area contributed by atoms with E-state index in [1.54, 1.807) is 24.3 Å². The molecule has 3 heteroatoms. The van der Waals surface area contributed by atoms with Crippen LogP contribution in [0.2, 0.25) is 0 Å². The number of benzene rings is 1. The molecule has 0 radical (unpaired) electrons. The topological polar surface area (TPSA) is 46.5 Å². The SMILES string of the molecule is O=C1C=CC(O)(c2ccccc2)O1. The van der Waals surface area contributed by atoms with Crippen LogP contribution < -0.4 is 0 Å². The summed E-state index contributed by atoms with van der Waals surface area (Å²) in [4.78, 5) is 10.8. The van der Waals surface area contributed by atoms with Gasteiger partial charge in [0.1, 0.15) is 0 Å². The Labute approximate surface area is 75.3 Å². The molecule has 1 aliphatic heterocycles. The second kappa shape index (κ2) is 2.71. The Morgan fingerprint density at radius 2 is 1.92 bits per heavy atom. The van der Waals surface area contributed by atoms with E-state index >= 15 is 0 Å². The van der Waals surface area contributed by atoms with Crippen molar-refractivity contribution in [3.05, 3.63) is 48.0 Å². The van der Waals surface area contributed by atoms with E-state index < -0.39 is 11.8 Å². The van der Waals surface area contributed by atoms with Crippen LogP contribution in [-0.2, 0) is 15.3 Å². The lowest BCUT2D eigenvalue weighted by molar-refractivity contribution is -0.181. The van der Waals surface area contributed by atoms with Gasteiger partial charge in [-0.05, 0) is 6.08 Å². The van der Waals surface area contributed by atoms with Crippen molar-refractivity contribution in [2.75, 3.05) is 0 Å². The molecule has 0 aliphatic carbocycles. The molecular formula is C10H8O3. The molecule has 1 aromatic carbocycles. The van der Waals surface area contributed by atoms with Gasteiger partial charge >= 0.3 is 5.97 Å². The third kappa shape index (κ3) is 1.34. The minimum Gasteiger partial charge on any atom is -0.422 e. The van der Waals surface area contributed by atoms with Gasteiger partial charge in [-0.3, -0.25) is 0 Å². The molecule has 0 saturated carbocycles. The van der Waals surface area contributed by atoms with Crippen molar-refractivity contribution < 1.29 is 14.6 Å². The van der Waals surface area contributed by atoms with Crippen molar-refractivity contribution >= 4 is 5.97 Å². The minimum absolute atomic E-state index is 0.522. The number of rotatable bonds is 1. The first kappa shape index (κ1) is 8.01. The maximum absolute atomic E-state index is 10.8. The fourth-order valence-electron chi connectivity index (χ4n) is 1.23. The summed E-state index contributed by atoms with van der Waals surface area (Å²) in [6.07, 6.45) is 2.55. The van der Waals surface area contributed by atoms with Crippen molar-refractivity contribution in [1.82, 2.24) is 0 Å². The van der Waals surface area contributed by atoms with E-state index in [0.717, 1.165) is 0 Å². The van der Waals surface area contributed by atoms with Crippen LogP contribution in [0.4, 0.5) is 0 Å². The third-order valence-electron chi connectivity index (χ3n) is 1.89. The highest BCUT2D eigenvalue weighted by Crippen LogP contribution is 2.28. The maximum Gasteiger partial charge on any atom is 0.333 e. The number of esters is 1. The molecule has 0 saturated heterocycles. The zero-order valence-corrected chi connectivity index (χ0v) is 6.81. The summed E-state index contributed by atoms with van der Waals surface area (Å²) in [5.41, 5.74) is 0.553. The molecule has 1 aromatic rings. The van der Waals surface area contributed by atoms with Gasteiger partial charge in [-0.1, -0.05) is 30.3 Å². The molecule has 0 fully saturated rings. The van der Waals surface area contributed by atoms with Gasteiger partial charge in [0.2, 0.25) is 0 Å². The zero-order valence-electron chi connectivity index (χ0n) is 6.81. The number of carbonyl (C=O) groups excluding carboxylic acids is 1. The fraction of sp³-hybridized carbons (Fsp3) is 0.100. The molecule has 1 aliphatic rings. The molecule has 0 spiro atoms. The lowest BCUT2D eigenvalue weighted by Gasteiger charge is -2.19. The number of ether oxygens (including phenoxy) is 1. The highest BCUT2D eigenvalue weighted by molar-refractivity contribution is 5.85. The Bertz CT molecular complexity index is 356. The maximum atomic E-state index is 10.8. The average molecular weight is 176 g/mol. The van der Waals surface area contributed by atoms with E-state index in [2.05, 4.69) is 0 Å². The molecular weight excluding hydrogens is 168 g/mol.